The molecule has 4 heteroatoms. The minimum Gasteiger partial charge on any atom is -0.544 e. The molecule has 0 aliphatic rings. The Morgan fingerprint density at radius 2 is 1.93 bits per heavy atom. The van der Waals surface area contributed by atoms with E-state index in [9.17, 15) is 0 Å². The smallest absolute Gasteiger partial charge is 0.242 e. The van der Waals surface area contributed by atoms with E-state index in [-0.39, 0.29) is 0 Å². The van der Waals surface area contributed by atoms with Crippen LogP contribution in [0.25, 0.3) is 0 Å². The molecule has 0 aromatic heterocycles. The van der Waals surface area contributed by atoms with Gasteiger partial charge in [0, 0.05) is 12.1 Å². The van der Waals surface area contributed by atoms with E-state index >= 15 is 0 Å². The van der Waals surface area contributed by atoms with Crippen LogP contribution in [0.5, 0.6) is 11.5 Å². The summed E-state index contributed by atoms with van der Waals surface area (Å²) in [6.45, 7) is 6.92. The quantitative estimate of drug-likeness (QED) is 0.800. The van der Waals surface area contributed by atoms with Crippen LogP contribution in [0.1, 0.15) is 5.56 Å². The van der Waals surface area contributed by atoms with E-state index < -0.39 is 8.32 Å². The predicted octanol–water partition coefficient (Wildman–Crippen LogP) is 2.37. The molecule has 0 aliphatic heterocycles. The van der Waals surface area contributed by atoms with E-state index in [0.29, 0.717) is 6.54 Å². The van der Waals surface area contributed by atoms with Crippen LogP contribution in [0.2, 0.25) is 19.6 Å². The Hall–Kier alpha value is -1.00. The highest BCUT2D eigenvalue weighted by Crippen LogP contribution is 2.25. The van der Waals surface area contributed by atoms with Crippen LogP contribution in [-0.4, -0.2) is 15.4 Å². The third kappa shape index (κ3) is 3.57. The first-order valence-electron chi connectivity index (χ1n) is 5.02. The zero-order valence-electron chi connectivity index (χ0n) is 9.83. The van der Waals surface area contributed by atoms with Crippen molar-refractivity contribution in [3.8, 4) is 11.5 Å². The van der Waals surface area contributed by atoms with Gasteiger partial charge in [0.05, 0.1) is 7.11 Å². The van der Waals surface area contributed by atoms with Crippen LogP contribution < -0.4 is 14.9 Å². The molecule has 84 valence electrons. The summed E-state index contributed by atoms with van der Waals surface area (Å²) in [6, 6.07) is 5.75. The first kappa shape index (κ1) is 12.1. The van der Waals surface area contributed by atoms with Crippen molar-refractivity contribution < 1.29 is 9.16 Å². The maximum absolute atomic E-state index is 5.93. The fraction of sp³-hybridized carbons (Fsp3) is 0.455. The van der Waals surface area contributed by atoms with Gasteiger partial charge in [0.1, 0.15) is 11.5 Å². The van der Waals surface area contributed by atoms with Gasteiger partial charge in [0.2, 0.25) is 8.32 Å². The molecule has 0 bridgehead atoms. The van der Waals surface area contributed by atoms with Gasteiger partial charge in [-0.2, -0.15) is 0 Å². The largest absolute Gasteiger partial charge is 0.544 e. The van der Waals surface area contributed by atoms with Crippen molar-refractivity contribution in [1.82, 2.24) is 0 Å². The standard InChI is InChI=1S/C11H19NO2Si/c1-13-10-5-6-11(9(7-10)8-12)14-15(2,3)4/h5-7H,8,12H2,1-4H3. The molecule has 0 amide bonds. The summed E-state index contributed by atoms with van der Waals surface area (Å²) in [5.41, 5.74) is 6.67. The normalized spacial score (nSPS) is 11.3. The Labute approximate surface area is 92.3 Å². The van der Waals surface area contributed by atoms with Crippen molar-refractivity contribution in [3.05, 3.63) is 23.8 Å². The SMILES string of the molecule is COc1ccc(O[Si](C)(C)C)c(CN)c1. The molecule has 1 rings (SSSR count). The van der Waals surface area contributed by atoms with Crippen molar-refractivity contribution in [2.75, 3.05) is 7.11 Å². The maximum Gasteiger partial charge on any atom is 0.242 e. The molecule has 3 nitrogen and oxygen atoms in total. The second kappa shape index (κ2) is 4.68. The van der Waals surface area contributed by atoms with Gasteiger partial charge in [-0.15, -0.1) is 0 Å². The van der Waals surface area contributed by atoms with Crippen molar-refractivity contribution in [2.24, 2.45) is 5.73 Å². The first-order valence-corrected chi connectivity index (χ1v) is 8.43. The average Bonchev–Trinajstić information content (AvgIpc) is 2.16. The Kier molecular flexibility index (Phi) is 3.76. The third-order valence-electron chi connectivity index (χ3n) is 1.90. The Morgan fingerprint density at radius 3 is 2.40 bits per heavy atom. The second-order valence-electron chi connectivity index (χ2n) is 4.39. The Balaban J connectivity index is 2.97. The third-order valence-corrected chi connectivity index (χ3v) is 2.74. The summed E-state index contributed by atoms with van der Waals surface area (Å²) < 4.78 is 11.1. The summed E-state index contributed by atoms with van der Waals surface area (Å²) in [6.07, 6.45) is 0. The highest BCUT2D eigenvalue weighted by Gasteiger charge is 2.18. The molecule has 2 N–H and O–H groups in total. The van der Waals surface area contributed by atoms with Crippen LogP contribution in [0.15, 0.2) is 18.2 Å². The summed E-state index contributed by atoms with van der Waals surface area (Å²) in [4.78, 5) is 0. The van der Waals surface area contributed by atoms with Gasteiger partial charge in [-0.1, -0.05) is 0 Å². The number of methoxy groups -OCH3 is 1. The van der Waals surface area contributed by atoms with Gasteiger partial charge < -0.3 is 14.9 Å². The molecule has 0 aliphatic carbocycles. The lowest BCUT2D eigenvalue weighted by Gasteiger charge is -2.21. The van der Waals surface area contributed by atoms with Gasteiger partial charge in [0.15, 0.2) is 0 Å². The topological polar surface area (TPSA) is 44.5 Å². The summed E-state index contributed by atoms with van der Waals surface area (Å²) in [7, 11) is 0.0778. The molecule has 15 heavy (non-hydrogen) atoms. The number of nitrogens with two attached hydrogens (primary N) is 1. The number of rotatable bonds is 4. The van der Waals surface area contributed by atoms with Crippen LogP contribution in [0.3, 0.4) is 0 Å². The molecule has 0 spiro atoms. The van der Waals surface area contributed by atoms with Crippen LogP contribution in [0, 0.1) is 0 Å². The molecular weight excluding hydrogens is 206 g/mol. The van der Waals surface area contributed by atoms with E-state index in [1.54, 1.807) is 7.11 Å². The van der Waals surface area contributed by atoms with Crippen LogP contribution in [-0.2, 0) is 6.54 Å². The number of ether oxygens (including phenoxy) is 1. The molecule has 0 radical (unpaired) electrons. The molecule has 0 saturated carbocycles. The lowest BCUT2D eigenvalue weighted by molar-refractivity contribution is 0.413. The van der Waals surface area contributed by atoms with Gasteiger partial charge in [-0.05, 0) is 37.8 Å². The number of hydrogen-bond donors (Lipinski definition) is 1. The molecule has 1 aromatic carbocycles. The molecule has 0 fully saturated rings. The summed E-state index contributed by atoms with van der Waals surface area (Å²) in [5.74, 6) is 1.70. The maximum atomic E-state index is 5.93. The minimum absolute atomic E-state index is 0.469. The van der Waals surface area contributed by atoms with Crippen LogP contribution in [0.4, 0.5) is 0 Å². The number of hydrogen-bond acceptors (Lipinski definition) is 3. The summed E-state index contributed by atoms with van der Waals surface area (Å²) in [5, 5.41) is 0. The van der Waals surface area contributed by atoms with Crippen molar-refractivity contribution in [3.63, 3.8) is 0 Å². The van der Waals surface area contributed by atoms with E-state index in [0.717, 1.165) is 17.1 Å². The number of benzene rings is 1. The lowest BCUT2D eigenvalue weighted by atomic mass is 10.2. The zero-order valence-corrected chi connectivity index (χ0v) is 10.8. The summed E-state index contributed by atoms with van der Waals surface area (Å²) >= 11 is 0. The minimum atomic E-state index is -1.57. The van der Waals surface area contributed by atoms with Crippen LogP contribution >= 0.6 is 0 Å². The molecule has 0 heterocycles. The van der Waals surface area contributed by atoms with E-state index in [2.05, 4.69) is 19.6 Å². The zero-order chi connectivity index (χ0) is 11.5. The highest BCUT2D eigenvalue weighted by atomic mass is 28.4. The highest BCUT2D eigenvalue weighted by molar-refractivity contribution is 6.70. The van der Waals surface area contributed by atoms with Crippen molar-refractivity contribution in [1.29, 1.82) is 0 Å². The van der Waals surface area contributed by atoms with Gasteiger partial charge >= 0.3 is 0 Å². The first-order chi connectivity index (χ1) is 6.96. The molecular formula is C11H19NO2Si. The van der Waals surface area contributed by atoms with Gasteiger partial charge in [-0.25, -0.2) is 0 Å². The van der Waals surface area contributed by atoms with Gasteiger partial charge in [-0.3, -0.25) is 0 Å². The van der Waals surface area contributed by atoms with E-state index in [4.69, 9.17) is 14.9 Å². The predicted molar refractivity (Wildman–Crippen MR) is 64.9 cm³/mol. The monoisotopic (exact) mass is 225 g/mol. The van der Waals surface area contributed by atoms with Crippen molar-refractivity contribution in [2.45, 2.75) is 26.2 Å². The fourth-order valence-electron chi connectivity index (χ4n) is 1.27. The molecule has 0 atom stereocenters. The van der Waals surface area contributed by atoms with Gasteiger partial charge in [0.25, 0.3) is 0 Å². The molecule has 1 aromatic rings. The second-order valence-corrected chi connectivity index (χ2v) is 8.82. The lowest BCUT2D eigenvalue weighted by Crippen LogP contribution is -2.30. The Morgan fingerprint density at radius 1 is 1.27 bits per heavy atom. The van der Waals surface area contributed by atoms with Crippen molar-refractivity contribution >= 4 is 8.32 Å². The van der Waals surface area contributed by atoms with E-state index in [1.165, 1.54) is 0 Å². The fourth-order valence-corrected chi connectivity index (χ4v) is 2.13. The molecule has 0 saturated heterocycles. The molecule has 0 unspecified atom stereocenters. The van der Waals surface area contributed by atoms with E-state index in [1.807, 2.05) is 18.2 Å². The average molecular weight is 225 g/mol. The Bertz CT molecular complexity index is 334.